The van der Waals surface area contributed by atoms with E-state index in [0.29, 0.717) is 18.5 Å². The van der Waals surface area contributed by atoms with E-state index in [2.05, 4.69) is 17.0 Å². The van der Waals surface area contributed by atoms with Gasteiger partial charge in [0.15, 0.2) is 0 Å². The highest BCUT2D eigenvalue weighted by Crippen LogP contribution is 2.39. The molecule has 29 heavy (non-hydrogen) atoms. The van der Waals surface area contributed by atoms with Crippen molar-refractivity contribution in [2.75, 3.05) is 13.1 Å². The van der Waals surface area contributed by atoms with Gasteiger partial charge in [-0.2, -0.15) is 18.3 Å². The second kappa shape index (κ2) is 7.50. The van der Waals surface area contributed by atoms with E-state index in [1.54, 1.807) is 46.2 Å². The van der Waals surface area contributed by atoms with E-state index in [1.807, 2.05) is 0 Å². The number of carbonyl (C=O) groups excluding carboxylic acids is 1. The van der Waals surface area contributed by atoms with Crippen LogP contribution in [0.1, 0.15) is 30.4 Å². The zero-order valence-electron chi connectivity index (χ0n) is 15.9. The Morgan fingerprint density at radius 2 is 2.00 bits per heavy atom. The molecule has 3 aromatic rings. The maximum atomic E-state index is 13.4. The van der Waals surface area contributed by atoms with Crippen molar-refractivity contribution in [1.29, 1.82) is 0 Å². The van der Waals surface area contributed by atoms with Crippen molar-refractivity contribution in [3.63, 3.8) is 0 Å². The number of nitrogens with zero attached hydrogens (tertiary/aromatic N) is 4. The number of amides is 1. The predicted molar refractivity (Wildman–Crippen MR) is 102 cm³/mol. The Hall–Kier alpha value is -2.90. The lowest BCUT2D eigenvalue weighted by molar-refractivity contribution is -0.136. The molecule has 4 rings (SSSR count). The standard InChI is InChI=1S/C21H21F3N4O/c1-14-10-15(12-27(11-14)19(29)13-28-9-3-8-26-28)16-5-6-18(21(22,23)24)20-17(16)4-2-7-25-20/h2-9,14-15H,10-13H2,1H3/t14-,15-/m1/s1. The molecule has 5 nitrogen and oxygen atoms in total. The Kier molecular flexibility index (Phi) is 5.02. The van der Waals surface area contributed by atoms with Crippen molar-refractivity contribution in [1.82, 2.24) is 19.7 Å². The summed E-state index contributed by atoms with van der Waals surface area (Å²) in [5.74, 6) is 0.151. The number of fused-ring (bicyclic) bond motifs is 1. The first-order chi connectivity index (χ1) is 13.8. The molecule has 1 aliphatic heterocycles. The smallest absolute Gasteiger partial charge is 0.340 e. The van der Waals surface area contributed by atoms with Crippen molar-refractivity contribution in [3.05, 3.63) is 60.0 Å². The monoisotopic (exact) mass is 402 g/mol. The molecule has 0 saturated carbocycles. The molecule has 3 heterocycles. The second-order valence-electron chi connectivity index (χ2n) is 7.64. The quantitative estimate of drug-likeness (QED) is 0.663. The van der Waals surface area contributed by atoms with Crippen LogP contribution in [0.15, 0.2) is 48.9 Å². The third-order valence-corrected chi connectivity index (χ3v) is 5.42. The van der Waals surface area contributed by atoms with E-state index in [0.717, 1.165) is 18.1 Å². The fourth-order valence-electron chi connectivity index (χ4n) is 4.19. The fourth-order valence-corrected chi connectivity index (χ4v) is 4.19. The fraction of sp³-hybridized carbons (Fsp3) is 0.381. The molecule has 1 aliphatic rings. The highest BCUT2D eigenvalue weighted by Gasteiger charge is 2.35. The van der Waals surface area contributed by atoms with Gasteiger partial charge in [-0.05, 0) is 36.1 Å². The van der Waals surface area contributed by atoms with Gasteiger partial charge in [-0.15, -0.1) is 0 Å². The maximum Gasteiger partial charge on any atom is 0.418 e. The summed E-state index contributed by atoms with van der Waals surface area (Å²) in [7, 11) is 0. The van der Waals surface area contributed by atoms with E-state index in [1.165, 1.54) is 6.20 Å². The van der Waals surface area contributed by atoms with Gasteiger partial charge in [0.05, 0.1) is 11.1 Å². The summed E-state index contributed by atoms with van der Waals surface area (Å²) < 4.78 is 41.8. The first-order valence-electron chi connectivity index (χ1n) is 9.53. The van der Waals surface area contributed by atoms with Crippen LogP contribution >= 0.6 is 0 Å². The number of halogens is 3. The molecule has 2 atom stereocenters. The number of piperidine rings is 1. The van der Waals surface area contributed by atoms with Gasteiger partial charge in [-0.25, -0.2) is 0 Å². The normalized spacial score (nSPS) is 20.2. The van der Waals surface area contributed by atoms with Crippen LogP contribution in [-0.2, 0) is 17.5 Å². The number of alkyl halides is 3. The third-order valence-electron chi connectivity index (χ3n) is 5.42. The van der Waals surface area contributed by atoms with E-state index in [9.17, 15) is 18.0 Å². The van der Waals surface area contributed by atoms with E-state index in [-0.39, 0.29) is 29.8 Å². The number of hydrogen-bond acceptors (Lipinski definition) is 3. The number of benzene rings is 1. The van der Waals surface area contributed by atoms with Crippen molar-refractivity contribution in [2.24, 2.45) is 5.92 Å². The number of aromatic nitrogens is 3. The minimum atomic E-state index is -4.46. The van der Waals surface area contributed by atoms with Crippen molar-refractivity contribution >= 4 is 16.8 Å². The van der Waals surface area contributed by atoms with Gasteiger partial charge in [-0.1, -0.05) is 19.1 Å². The van der Waals surface area contributed by atoms with E-state index < -0.39 is 11.7 Å². The van der Waals surface area contributed by atoms with Gasteiger partial charge in [0.1, 0.15) is 6.54 Å². The number of pyridine rings is 1. The van der Waals surface area contributed by atoms with Crippen molar-refractivity contribution < 1.29 is 18.0 Å². The molecule has 1 fully saturated rings. The number of hydrogen-bond donors (Lipinski definition) is 0. The topological polar surface area (TPSA) is 51.0 Å². The number of rotatable bonds is 3. The summed E-state index contributed by atoms with van der Waals surface area (Å²) in [6, 6.07) is 7.75. The van der Waals surface area contributed by atoms with Crippen LogP contribution in [0.3, 0.4) is 0 Å². The van der Waals surface area contributed by atoms with Gasteiger partial charge in [0, 0.05) is 43.0 Å². The largest absolute Gasteiger partial charge is 0.418 e. The summed E-state index contributed by atoms with van der Waals surface area (Å²) >= 11 is 0. The Labute approximate surface area is 166 Å². The molecule has 0 bridgehead atoms. The Balaban J connectivity index is 1.65. The Morgan fingerprint density at radius 3 is 2.72 bits per heavy atom. The SMILES string of the molecule is C[C@@H]1C[C@@H](c2ccc(C(F)(F)F)c3ncccc23)CN(C(=O)Cn2cccn2)C1. The zero-order valence-corrected chi connectivity index (χ0v) is 15.9. The summed E-state index contributed by atoms with van der Waals surface area (Å²) in [6.45, 7) is 3.32. The molecule has 0 radical (unpaired) electrons. The summed E-state index contributed by atoms with van der Waals surface area (Å²) in [4.78, 5) is 18.5. The molecule has 0 unspecified atom stereocenters. The van der Waals surface area contributed by atoms with Gasteiger partial charge in [0.2, 0.25) is 5.91 Å². The summed E-state index contributed by atoms with van der Waals surface area (Å²) in [5.41, 5.74) is 0.0435. The maximum absolute atomic E-state index is 13.4. The van der Waals surface area contributed by atoms with Crippen LogP contribution < -0.4 is 0 Å². The molecule has 0 spiro atoms. The molecule has 8 heteroatoms. The average molecular weight is 402 g/mol. The molecular weight excluding hydrogens is 381 g/mol. The number of likely N-dealkylation sites (tertiary alicyclic amines) is 1. The van der Waals surface area contributed by atoms with Gasteiger partial charge >= 0.3 is 6.18 Å². The van der Waals surface area contributed by atoms with Crippen LogP contribution in [0, 0.1) is 5.92 Å². The lowest BCUT2D eigenvalue weighted by Gasteiger charge is -2.37. The zero-order chi connectivity index (χ0) is 20.6. The highest BCUT2D eigenvalue weighted by atomic mass is 19.4. The van der Waals surface area contributed by atoms with Crippen LogP contribution in [0.4, 0.5) is 13.2 Å². The molecule has 152 valence electrons. The molecule has 2 aromatic heterocycles. The Bertz CT molecular complexity index is 1020. The minimum Gasteiger partial charge on any atom is -0.340 e. The van der Waals surface area contributed by atoms with Crippen LogP contribution in [0.2, 0.25) is 0 Å². The lowest BCUT2D eigenvalue weighted by atomic mass is 9.83. The van der Waals surface area contributed by atoms with Crippen LogP contribution in [0.5, 0.6) is 0 Å². The second-order valence-corrected chi connectivity index (χ2v) is 7.64. The molecule has 0 N–H and O–H groups in total. The van der Waals surface area contributed by atoms with Crippen LogP contribution in [0.25, 0.3) is 10.9 Å². The first-order valence-corrected chi connectivity index (χ1v) is 9.53. The first kappa shape index (κ1) is 19.4. The molecular formula is C21H21F3N4O. The minimum absolute atomic E-state index is 0.0369. The molecule has 1 amide bonds. The van der Waals surface area contributed by atoms with Gasteiger partial charge < -0.3 is 4.90 Å². The van der Waals surface area contributed by atoms with Gasteiger partial charge in [-0.3, -0.25) is 14.5 Å². The van der Waals surface area contributed by atoms with Crippen molar-refractivity contribution in [3.8, 4) is 0 Å². The lowest BCUT2D eigenvalue weighted by Crippen LogP contribution is -2.44. The predicted octanol–water partition coefficient (Wildman–Crippen LogP) is 4.10. The summed E-state index contributed by atoms with van der Waals surface area (Å²) in [5, 5.41) is 4.58. The number of carbonyl (C=O) groups is 1. The molecule has 0 aliphatic carbocycles. The average Bonchev–Trinajstić information content (AvgIpc) is 3.18. The summed E-state index contributed by atoms with van der Waals surface area (Å²) in [6.07, 6.45) is 1.08. The van der Waals surface area contributed by atoms with Gasteiger partial charge in [0.25, 0.3) is 0 Å². The molecule has 1 saturated heterocycles. The molecule has 1 aromatic carbocycles. The van der Waals surface area contributed by atoms with E-state index >= 15 is 0 Å². The van der Waals surface area contributed by atoms with Crippen molar-refractivity contribution in [2.45, 2.75) is 32.0 Å². The van der Waals surface area contributed by atoms with Crippen LogP contribution in [-0.4, -0.2) is 38.7 Å². The third kappa shape index (κ3) is 3.97. The van der Waals surface area contributed by atoms with E-state index in [4.69, 9.17) is 0 Å². The Morgan fingerprint density at radius 1 is 1.17 bits per heavy atom. The highest BCUT2D eigenvalue weighted by molar-refractivity contribution is 5.86.